The highest BCUT2D eigenvalue weighted by atomic mass is 32.2. The monoisotopic (exact) mass is 471 g/mol. The van der Waals surface area contributed by atoms with Gasteiger partial charge in [-0.25, -0.2) is 4.39 Å². The molecule has 0 unspecified atom stereocenters. The third-order valence-corrected chi connectivity index (χ3v) is 5.70. The summed E-state index contributed by atoms with van der Waals surface area (Å²) in [6.45, 7) is 1.93. The van der Waals surface area contributed by atoms with Crippen LogP contribution >= 0.6 is 11.8 Å². The van der Waals surface area contributed by atoms with Gasteiger partial charge in [0.25, 0.3) is 0 Å². The van der Waals surface area contributed by atoms with Gasteiger partial charge in [-0.05, 0) is 24.3 Å². The molecule has 172 valence electrons. The molecule has 0 aliphatic heterocycles. The highest BCUT2D eigenvalue weighted by Crippen LogP contribution is 2.42. The van der Waals surface area contributed by atoms with Gasteiger partial charge in [-0.1, -0.05) is 30.8 Å². The lowest BCUT2D eigenvalue weighted by atomic mass is 10.1. The third-order valence-electron chi connectivity index (χ3n) is 4.79. The number of benzene rings is 2. The summed E-state index contributed by atoms with van der Waals surface area (Å²) in [5, 5.41) is 17.1. The summed E-state index contributed by atoms with van der Waals surface area (Å²) in [6, 6.07) is 9.89. The van der Waals surface area contributed by atoms with Crippen LogP contribution in [0.2, 0.25) is 0 Å². The Balaban J connectivity index is 1.81. The van der Waals surface area contributed by atoms with E-state index in [2.05, 4.69) is 20.4 Å². The van der Waals surface area contributed by atoms with Crippen LogP contribution in [0.25, 0.3) is 17.1 Å². The number of aryl methyl sites for hydroxylation is 1. The Morgan fingerprint density at radius 2 is 1.64 bits per heavy atom. The molecule has 0 aliphatic rings. The lowest BCUT2D eigenvalue weighted by molar-refractivity contribution is 0.324. The first-order valence-electron chi connectivity index (χ1n) is 10.0. The van der Waals surface area contributed by atoms with Crippen LogP contribution in [-0.2, 0) is 12.2 Å². The van der Waals surface area contributed by atoms with Crippen LogP contribution in [0.15, 0.2) is 46.0 Å². The minimum absolute atomic E-state index is 0.300. The van der Waals surface area contributed by atoms with E-state index >= 15 is 0 Å². The fraction of sp³-hybridized carbons (Fsp3) is 0.273. The molecule has 2 aromatic carbocycles. The van der Waals surface area contributed by atoms with Crippen molar-refractivity contribution in [2.24, 2.45) is 0 Å². The van der Waals surface area contributed by atoms with Gasteiger partial charge in [-0.3, -0.25) is 4.57 Å². The fourth-order valence-electron chi connectivity index (χ4n) is 3.23. The molecule has 4 aromatic rings. The molecule has 0 saturated carbocycles. The minimum atomic E-state index is -0.418. The molecular formula is C22H22FN5O4S. The summed E-state index contributed by atoms with van der Waals surface area (Å²) in [5.74, 6) is 2.69. The van der Waals surface area contributed by atoms with E-state index in [1.165, 1.54) is 39.2 Å². The van der Waals surface area contributed by atoms with Gasteiger partial charge in [0.15, 0.2) is 22.5 Å². The normalized spacial score (nSPS) is 10.9. The van der Waals surface area contributed by atoms with Gasteiger partial charge in [-0.2, -0.15) is 0 Å². The molecule has 0 radical (unpaired) electrons. The standard InChI is InChI=1S/C22H22FN5O4S/c1-5-18-24-25-19(32-18)12-33-22-27-26-21(28(22)15-9-7-6-8-14(15)23)13-10-16(29-2)20(31-4)17(11-13)30-3/h6-11H,5,12H2,1-4H3. The molecule has 0 atom stereocenters. The summed E-state index contributed by atoms with van der Waals surface area (Å²) in [4.78, 5) is 0. The van der Waals surface area contributed by atoms with Crippen LogP contribution in [-0.4, -0.2) is 46.3 Å². The van der Waals surface area contributed by atoms with Gasteiger partial charge < -0.3 is 18.6 Å². The van der Waals surface area contributed by atoms with Gasteiger partial charge in [0, 0.05) is 12.0 Å². The van der Waals surface area contributed by atoms with E-state index in [4.69, 9.17) is 18.6 Å². The lowest BCUT2D eigenvalue weighted by Gasteiger charge is -2.15. The largest absolute Gasteiger partial charge is 0.493 e. The van der Waals surface area contributed by atoms with E-state index in [-0.39, 0.29) is 0 Å². The van der Waals surface area contributed by atoms with Crippen LogP contribution < -0.4 is 14.2 Å². The first-order chi connectivity index (χ1) is 16.1. The van der Waals surface area contributed by atoms with Crippen molar-refractivity contribution in [1.29, 1.82) is 0 Å². The fourth-order valence-corrected chi connectivity index (χ4v) is 4.01. The Bertz CT molecular complexity index is 1230. The minimum Gasteiger partial charge on any atom is -0.493 e. The van der Waals surface area contributed by atoms with E-state index < -0.39 is 5.82 Å². The highest BCUT2D eigenvalue weighted by molar-refractivity contribution is 7.98. The van der Waals surface area contributed by atoms with Crippen LogP contribution in [0.5, 0.6) is 17.2 Å². The Morgan fingerprint density at radius 1 is 0.939 bits per heavy atom. The second-order valence-corrected chi connectivity index (χ2v) is 7.68. The number of hydrogen-bond acceptors (Lipinski definition) is 9. The van der Waals surface area contributed by atoms with Crippen molar-refractivity contribution >= 4 is 11.8 Å². The van der Waals surface area contributed by atoms with Gasteiger partial charge in [0.2, 0.25) is 17.5 Å². The van der Waals surface area contributed by atoms with E-state index in [1.807, 2.05) is 6.92 Å². The van der Waals surface area contributed by atoms with Gasteiger partial charge >= 0.3 is 0 Å². The first-order valence-corrected chi connectivity index (χ1v) is 11.0. The lowest BCUT2D eigenvalue weighted by Crippen LogP contribution is -2.03. The van der Waals surface area contributed by atoms with Crippen molar-refractivity contribution in [3.8, 4) is 34.3 Å². The number of nitrogens with zero attached hydrogens (tertiary/aromatic N) is 5. The molecule has 2 aromatic heterocycles. The molecule has 2 heterocycles. The third kappa shape index (κ3) is 4.49. The molecule has 0 fully saturated rings. The smallest absolute Gasteiger partial charge is 0.226 e. The Labute approximate surface area is 193 Å². The number of thioether (sulfide) groups is 1. The number of hydrogen-bond donors (Lipinski definition) is 0. The second-order valence-electron chi connectivity index (χ2n) is 6.74. The van der Waals surface area contributed by atoms with Crippen LogP contribution in [0.1, 0.15) is 18.7 Å². The molecule has 0 saturated heterocycles. The average Bonchev–Trinajstić information content (AvgIpc) is 3.48. The molecule has 11 heteroatoms. The number of para-hydroxylation sites is 1. The summed E-state index contributed by atoms with van der Waals surface area (Å²) < 4.78 is 38.4. The summed E-state index contributed by atoms with van der Waals surface area (Å²) in [5.41, 5.74) is 0.909. The second kappa shape index (κ2) is 9.90. The molecule has 0 aliphatic carbocycles. The summed E-state index contributed by atoms with van der Waals surface area (Å²) in [6.07, 6.45) is 0.647. The average molecular weight is 472 g/mol. The van der Waals surface area contributed by atoms with Gasteiger partial charge in [0.1, 0.15) is 5.82 Å². The van der Waals surface area contributed by atoms with Crippen molar-refractivity contribution in [3.05, 3.63) is 54.0 Å². The number of methoxy groups -OCH3 is 3. The molecule has 0 spiro atoms. The zero-order valence-electron chi connectivity index (χ0n) is 18.5. The van der Waals surface area contributed by atoms with E-state index in [1.54, 1.807) is 34.9 Å². The Morgan fingerprint density at radius 3 is 2.24 bits per heavy atom. The van der Waals surface area contributed by atoms with Crippen molar-refractivity contribution in [2.75, 3.05) is 21.3 Å². The van der Waals surface area contributed by atoms with Crippen LogP contribution in [0.3, 0.4) is 0 Å². The van der Waals surface area contributed by atoms with Crippen LogP contribution in [0, 0.1) is 5.82 Å². The number of aromatic nitrogens is 5. The zero-order chi connectivity index (χ0) is 23.4. The van der Waals surface area contributed by atoms with E-state index in [9.17, 15) is 4.39 Å². The molecule has 0 bridgehead atoms. The predicted octanol–water partition coefficient (Wildman–Crippen LogP) is 4.34. The Kier molecular flexibility index (Phi) is 6.78. The van der Waals surface area contributed by atoms with Crippen molar-refractivity contribution in [1.82, 2.24) is 25.0 Å². The summed E-state index contributed by atoms with van der Waals surface area (Å²) >= 11 is 1.31. The molecule has 33 heavy (non-hydrogen) atoms. The maximum Gasteiger partial charge on any atom is 0.226 e. The molecule has 9 nitrogen and oxygen atoms in total. The van der Waals surface area contributed by atoms with Crippen molar-refractivity contribution < 1.29 is 23.0 Å². The molecule has 4 rings (SSSR count). The summed E-state index contributed by atoms with van der Waals surface area (Å²) in [7, 11) is 4.58. The number of halogens is 1. The van der Waals surface area contributed by atoms with Gasteiger partial charge in [-0.15, -0.1) is 20.4 Å². The number of ether oxygens (including phenoxy) is 3. The SMILES string of the molecule is CCc1nnc(CSc2nnc(-c3cc(OC)c(OC)c(OC)c3)n2-c2ccccc2F)o1. The molecular weight excluding hydrogens is 449 g/mol. The van der Waals surface area contributed by atoms with Gasteiger partial charge in [0.05, 0.1) is 32.8 Å². The van der Waals surface area contributed by atoms with E-state index in [0.29, 0.717) is 63.4 Å². The van der Waals surface area contributed by atoms with Crippen LogP contribution in [0.4, 0.5) is 4.39 Å². The van der Waals surface area contributed by atoms with Crippen molar-refractivity contribution in [2.45, 2.75) is 24.3 Å². The maximum atomic E-state index is 14.9. The number of rotatable bonds is 9. The zero-order valence-corrected chi connectivity index (χ0v) is 19.4. The van der Waals surface area contributed by atoms with E-state index in [0.717, 1.165) is 0 Å². The maximum absolute atomic E-state index is 14.9. The topological polar surface area (TPSA) is 97.3 Å². The quantitative estimate of drug-likeness (QED) is 0.330. The highest BCUT2D eigenvalue weighted by Gasteiger charge is 2.22. The molecule has 0 amide bonds. The first kappa shape index (κ1) is 22.6. The Hall–Kier alpha value is -3.60. The molecule has 0 N–H and O–H groups in total. The predicted molar refractivity (Wildman–Crippen MR) is 120 cm³/mol. The van der Waals surface area contributed by atoms with Crippen molar-refractivity contribution in [3.63, 3.8) is 0 Å².